The minimum absolute atomic E-state index is 0.300. The van der Waals surface area contributed by atoms with Gasteiger partial charge in [0.1, 0.15) is 5.76 Å². The highest BCUT2D eigenvalue weighted by Crippen LogP contribution is 2.25. The van der Waals surface area contributed by atoms with E-state index in [1.165, 1.54) is 5.56 Å². The highest BCUT2D eigenvalue weighted by molar-refractivity contribution is 5.24. The predicted octanol–water partition coefficient (Wildman–Crippen LogP) is 1.43. The second-order valence-corrected chi connectivity index (χ2v) is 4.55. The predicted molar refractivity (Wildman–Crippen MR) is 58.5 cm³/mol. The number of nitrogens with two attached hydrogens (primary N) is 1. The Labute approximate surface area is 90.2 Å². The van der Waals surface area contributed by atoms with Gasteiger partial charge in [-0.25, -0.2) is 0 Å². The van der Waals surface area contributed by atoms with E-state index in [1.54, 1.807) is 0 Å². The van der Waals surface area contributed by atoms with Gasteiger partial charge in [-0.15, -0.1) is 0 Å². The molecule has 0 bridgehead atoms. The molecule has 4 heteroatoms. The molecule has 1 aromatic heterocycles. The van der Waals surface area contributed by atoms with Gasteiger partial charge in [0.05, 0.1) is 5.69 Å². The highest BCUT2D eigenvalue weighted by Gasteiger charge is 2.28. The Morgan fingerprint density at radius 1 is 1.47 bits per heavy atom. The Balaban J connectivity index is 1.98. The lowest BCUT2D eigenvalue weighted by Crippen LogP contribution is -2.49. The molecule has 0 saturated heterocycles. The van der Waals surface area contributed by atoms with Crippen LogP contribution in [0, 0.1) is 13.8 Å². The summed E-state index contributed by atoms with van der Waals surface area (Å²) < 4.78 is 5.16. The molecule has 1 aliphatic carbocycles. The van der Waals surface area contributed by atoms with Crippen LogP contribution < -0.4 is 11.1 Å². The third kappa shape index (κ3) is 2.06. The van der Waals surface area contributed by atoms with Crippen LogP contribution in [0.1, 0.15) is 42.8 Å². The summed E-state index contributed by atoms with van der Waals surface area (Å²) in [6, 6.07) is 1.25. The van der Waals surface area contributed by atoms with Gasteiger partial charge in [-0.1, -0.05) is 5.16 Å². The average Bonchev–Trinajstić information content (AvgIpc) is 2.43. The second kappa shape index (κ2) is 3.94. The molecule has 15 heavy (non-hydrogen) atoms. The second-order valence-electron chi connectivity index (χ2n) is 4.55. The molecule has 2 rings (SSSR count). The molecule has 1 unspecified atom stereocenters. The molecule has 4 nitrogen and oxygen atoms in total. The zero-order valence-electron chi connectivity index (χ0n) is 9.58. The van der Waals surface area contributed by atoms with E-state index in [9.17, 15) is 0 Å². The largest absolute Gasteiger partial charge is 0.361 e. The van der Waals surface area contributed by atoms with Crippen LogP contribution in [0.2, 0.25) is 0 Å². The van der Waals surface area contributed by atoms with E-state index in [0.29, 0.717) is 18.1 Å². The van der Waals surface area contributed by atoms with E-state index >= 15 is 0 Å². The van der Waals surface area contributed by atoms with Gasteiger partial charge in [-0.05, 0) is 33.6 Å². The van der Waals surface area contributed by atoms with Gasteiger partial charge in [-0.2, -0.15) is 0 Å². The lowest BCUT2D eigenvalue weighted by molar-refractivity contribution is 0.271. The Bertz CT molecular complexity index is 322. The van der Waals surface area contributed by atoms with Crippen LogP contribution in [-0.2, 0) is 0 Å². The van der Waals surface area contributed by atoms with Gasteiger partial charge in [0.15, 0.2) is 0 Å². The monoisotopic (exact) mass is 209 g/mol. The normalized spacial score (nSPS) is 27.5. The van der Waals surface area contributed by atoms with Crippen molar-refractivity contribution in [1.29, 1.82) is 0 Å². The minimum atomic E-state index is 0.300. The van der Waals surface area contributed by atoms with Crippen molar-refractivity contribution in [1.82, 2.24) is 10.5 Å². The Hall–Kier alpha value is -0.870. The number of nitrogens with zero attached hydrogens (tertiary/aromatic N) is 1. The van der Waals surface area contributed by atoms with Crippen molar-refractivity contribution in [2.75, 3.05) is 0 Å². The van der Waals surface area contributed by atoms with Crippen molar-refractivity contribution in [2.24, 2.45) is 5.73 Å². The van der Waals surface area contributed by atoms with Crippen molar-refractivity contribution in [3.05, 3.63) is 17.0 Å². The van der Waals surface area contributed by atoms with E-state index in [4.69, 9.17) is 10.3 Å². The summed E-state index contributed by atoms with van der Waals surface area (Å²) in [4.78, 5) is 0. The molecular weight excluding hydrogens is 190 g/mol. The Kier molecular flexibility index (Phi) is 2.80. The zero-order valence-corrected chi connectivity index (χ0v) is 9.58. The van der Waals surface area contributed by atoms with Crippen molar-refractivity contribution in [3.63, 3.8) is 0 Å². The van der Waals surface area contributed by atoms with Crippen LogP contribution in [-0.4, -0.2) is 17.2 Å². The molecule has 84 valence electrons. The van der Waals surface area contributed by atoms with Crippen molar-refractivity contribution in [3.8, 4) is 0 Å². The van der Waals surface area contributed by atoms with Gasteiger partial charge in [0.2, 0.25) is 0 Å². The molecule has 0 spiro atoms. The molecule has 0 aromatic carbocycles. The maximum atomic E-state index is 5.75. The van der Waals surface area contributed by atoms with Crippen LogP contribution in [0.4, 0.5) is 0 Å². The summed E-state index contributed by atoms with van der Waals surface area (Å²) in [6.07, 6.45) is 2.15. The molecule has 1 aliphatic rings. The first-order chi connectivity index (χ1) is 7.08. The quantitative estimate of drug-likeness (QED) is 0.790. The molecule has 1 fully saturated rings. The number of rotatable bonds is 3. The average molecular weight is 209 g/mol. The van der Waals surface area contributed by atoms with Crippen LogP contribution in [0.15, 0.2) is 4.52 Å². The summed E-state index contributed by atoms with van der Waals surface area (Å²) in [5.74, 6) is 0.913. The lowest BCUT2D eigenvalue weighted by Gasteiger charge is -2.35. The number of nitrogens with one attached hydrogen (secondary N) is 1. The Morgan fingerprint density at radius 3 is 2.60 bits per heavy atom. The summed E-state index contributed by atoms with van der Waals surface area (Å²) in [6.45, 7) is 6.09. The third-order valence-electron chi connectivity index (χ3n) is 3.18. The molecular formula is C11H19N3O. The summed E-state index contributed by atoms with van der Waals surface area (Å²) >= 11 is 0. The molecule has 1 heterocycles. The van der Waals surface area contributed by atoms with E-state index in [2.05, 4.69) is 17.4 Å². The van der Waals surface area contributed by atoms with E-state index < -0.39 is 0 Å². The number of hydrogen-bond donors (Lipinski definition) is 2. The standard InChI is InChI=1S/C11H19N3O/c1-6(13-10-4-9(12)5-10)11-7(2)14-15-8(11)3/h6,9-10,13H,4-5,12H2,1-3H3. The van der Waals surface area contributed by atoms with Crippen molar-refractivity contribution < 1.29 is 4.52 Å². The van der Waals surface area contributed by atoms with Gasteiger partial charge < -0.3 is 15.6 Å². The summed E-state index contributed by atoms with van der Waals surface area (Å²) in [5.41, 5.74) is 7.92. The fourth-order valence-corrected chi connectivity index (χ4v) is 2.34. The molecule has 0 radical (unpaired) electrons. The fraction of sp³-hybridized carbons (Fsp3) is 0.727. The zero-order chi connectivity index (χ0) is 11.0. The first-order valence-electron chi connectivity index (χ1n) is 5.52. The van der Waals surface area contributed by atoms with E-state index in [0.717, 1.165) is 24.3 Å². The first kappa shape index (κ1) is 10.6. The molecule has 0 aliphatic heterocycles. The minimum Gasteiger partial charge on any atom is -0.361 e. The van der Waals surface area contributed by atoms with Gasteiger partial charge in [-0.3, -0.25) is 0 Å². The van der Waals surface area contributed by atoms with E-state index in [-0.39, 0.29) is 0 Å². The summed E-state index contributed by atoms with van der Waals surface area (Å²) in [5, 5.41) is 7.51. The highest BCUT2D eigenvalue weighted by atomic mass is 16.5. The van der Waals surface area contributed by atoms with Crippen molar-refractivity contribution >= 4 is 0 Å². The van der Waals surface area contributed by atoms with E-state index in [1.807, 2.05) is 13.8 Å². The fourth-order valence-electron chi connectivity index (χ4n) is 2.34. The van der Waals surface area contributed by atoms with Crippen LogP contribution in [0.3, 0.4) is 0 Å². The Morgan fingerprint density at radius 2 is 2.13 bits per heavy atom. The van der Waals surface area contributed by atoms with Crippen LogP contribution >= 0.6 is 0 Å². The maximum absolute atomic E-state index is 5.75. The molecule has 1 atom stereocenters. The van der Waals surface area contributed by atoms with Gasteiger partial charge >= 0.3 is 0 Å². The van der Waals surface area contributed by atoms with Gasteiger partial charge in [0.25, 0.3) is 0 Å². The lowest BCUT2D eigenvalue weighted by atomic mass is 9.86. The maximum Gasteiger partial charge on any atom is 0.138 e. The smallest absolute Gasteiger partial charge is 0.138 e. The SMILES string of the molecule is Cc1noc(C)c1C(C)NC1CC(N)C1. The molecule has 0 amide bonds. The summed E-state index contributed by atoms with van der Waals surface area (Å²) in [7, 11) is 0. The molecule has 3 N–H and O–H groups in total. The number of aromatic nitrogens is 1. The van der Waals surface area contributed by atoms with Crippen LogP contribution in [0.5, 0.6) is 0 Å². The van der Waals surface area contributed by atoms with Crippen LogP contribution in [0.25, 0.3) is 0 Å². The topological polar surface area (TPSA) is 64.1 Å². The third-order valence-corrected chi connectivity index (χ3v) is 3.18. The molecule has 1 aromatic rings. The number of hydrogen-bond acceptors (Lipinski definition) is 4. The van der Waals surface area contributed by atoms with Crippen molar-refractivity contribution in [2.45, 2.75) is 51.7 Å². The molecule has 1 saturated carbocycles. The number of aryl methyl sites for hydroxylation is 2. The first-order valence-corrected chi connectivity index (χ1v) is 5.52. The van der Waals surface area contributed by atoms with Gasteiger partial charge in [0, 0.05) is 23.7 Å².